The first kappa shape index (κ1) is 10.6. The summed E-state index contributed by atoms with van der Waals surface area (Å²) in [5, 5.41) is 11.6. The maximum Gasteiger partial charge on any atom is 0.134 e. The van der Waals surface area contributed by atoms with Gasteiger partial charge in [0.25, 0.3) is 0 Å². The van der Waals surface area contributed by atoms with Gasteiger partial charge in [-0.05, 0) is 18.8 Å². The van der Waals surface area contributed by atoms with Gasteiger partial charge in [0.15, 0.2) is 0 Å². The summed E-state index contributed by atoms with van der Waals surface area (Å²) in [4.78, 5) is 0. The predicted octanol–water partition coefficient (Wildman–Crippen LogP) is 1.23. The molecule has 0 bridgehead atoms. The van der Waals surface area contributed by atoms with Gasteiger partial charge in [-0.2, -0.15) is 0 Å². The molecule has 1 aliphatic carbocycles. The molecule has 2 rings (SSSR count). The third-order valence-electron chi connectivity index (χ3n) is 2.62. The van der Waals surface area contributed by atoms with E-state index in [0.29, 0.717) is 5.92 Å². The number of hydrogen-bond acceptors (Lipinski definition) is 3. The van der Waals surface area contributed by atoms with E-state index in [-0.39, 0.29) is 0 Å². The normalized spacial score (nSPS) is 16.2. The Morgan fingerprint density at radius 2 is 2.33 bits per heavy atom. The van der Waals surface area contributed by atoms with Crippen LogP contribution in [0.5, 0.6) is 0 Å². The predicted molar refractivity (Wildman–Crippen MR) is 59.6 cm³/mol. The van der Waals surface area contributed by atoms with Crippen molar-refractivity contribution in [2.24, 2.45) is 5.92 Å². The zero-order valence-electron chi connectivity index (χ0n) is 9.61. The molecule has 0 saturated heterocycles. The molecule has 1 heterocycles. The Kier molecular flexibility index (Phi) is 3.36. The van der Waals surface area contributed by atoms with Gasteiger partial charge in [0.05, 0.1) is 0 Å². The first-order chi connectivity index (χ1) is 7.25. The topological polar surface area (TPSA) is 42.7 Å². The van der Waals surface area contributed by atoms with Crippen LogP contribution in [0.3, 0.4) is 0 Å². The fourth-order valence-corrected chi connectivity index (χ4v) is 1.69. The van der Waals surface area contributed by atoms with Crippen molar-refractivity contribution in [2.45, 2.75) is 45.7 Å². The van der Waals surface area contributed by atoms with Crippen LogP contribution in [-0.2, 0) is 13.0 Å². The van der Waals surface area contributed by atoms with E-state index in [4.69, 9.17) is 0 Å². The van der Waals surface area contributed by atoms with E-state index < -0.39 is 0 Å². The van der Waals surface area contributed by atoms with Crippen LogP contribution >= 0.6 is 0 Å². The molecule has 1 aromatic heterocycles. The maximum absolute atomic E-state index is 4.16. The lowest BCUT2D eigenvalue weighted by Gasteiger charge is -2.09. The minimum absolute atomic E-state index is 0.649. The number of aromatic nitrogens is 3. The zero-order chi connectivity index (χ0) is 10.7. The van der Waals surface area contributed by atoms with E-state index >= 15 is 0 Å². The molecule has 0 spiro atoms. The van der Waals surface area contributed by atoms with E-state index in [0.717, 1.165) is 31.4 Å². The standard InChI is InChI=1S/C11H20N4/c1-9(2)7-15-8-13-14-11(15)5-6-12-10-3-4-10/h8-10,12H,3-7H2,1-2H3. The maximum atomic E-state index is 4.16. The van der Waals surface area contributed by atoms with Crippen molar-refractivity contribution >= 4 is 0 Å². The Morgan fingerprint density at radius 1 is 1.53 bits per heavy atom. The van der Waals surface area contributed by atoms with Gasteiger partial charge in [0, 0.05) is 25.6 Å². The van der Waals surface area contributed by atoms with Crippen molar-refractivity contribution in [3.63, 3.8) is 0 Å². The number of nitrogens with one attached hydrogen (secondary N) is 1. The molecular weight excluding hydrogens is 188 g/mol. The molecule has 0 radical (unpaired) electrons. The highest BCUT2D eigenvalue weighted by Gasteiger charge is 2.20. The van der Waals surface area contributed by atoms with Gasteiger partial charge in [0.2, 0.25) is 0 Å². The van der Waals surface area contributed by atoms with Crippen LogP contribution in [0.1, 0.15) is 32.5 Å². The van der Waals surface area contributed by atoms with Gasteiger partial charge >= 0.3 is 0 Å². The van der Waals surface area contributed by atoms with Gasteiger partial charge in [-0.3, -0.25) is 0 Å². The molecule has 0 aromatic carbocycles. The first-order valence-corrected chi connectivity index (χ1v) is 5.86. The summed E-state index contributed by atoms with van der Waals surface area (Å²) >= 11 is 0. The zero-order valence-corrected chi connectivity index (χ0v) is 9.61. The quantitative estimate of drug-likeness (QED) is 0.764. The SMILES string of the molecule is CC(C)Cn1cnnc1CCNC1CC1. The van der Waals surface area contributed by atoms with Gasteiger partial charge in [-0.15, -0.1) is 10.2 Å². The monoisotopic (exact) mass is 208 g/mol. The van der Waals surface area contributed by atoms with Crippen LogP contribution < -0.4 is 5.32 Å². The summed E-state index contributed by atoms with van der Waals surface area (Å²) in [7, 11) is 0. The highest BCUT2D eigenvalue weighted by Crippen LogP contribution is 2.18. The lowest BCUT2D eigenvalue weighted by atomic mass is 10.2. The van der Waals surface area contributed by atoms with Crippen LogP contribution in [0.15, 0.2) is 6.33 Å². The fraction of sp³-hybridized carbons (Fsp3) is 0.818. The van der Waals surface area contributed by atoms with Crippen molar-refractivity contribution in [3.8, 4) is 0 Å². The first-order valence-electron chi connectivity index (χ1n) is 5.86. The summed E-state index contributed by atoms with van der Waals surface area (Å²) in [6.45, 7) is 6.48. The molecule has 0 atom stereocenters. The third kappa shape index (κ3) is 3.30. The molecule has 0 amide bonds. The molecule has 1 aliphatic rings. The summed E-state index contributed by atoms with van der Waals surface area (Å²) in [6, 6.07) is 0.784. The van der Waals surface area contributed by atoms with E-state index in [2.05, 4.69) is 33.9 Å². The Balaban J connectivity index is 1.80. The molecule has 0 unspecified atom stereocenters. The Morgan fingerprint density at radius 3 is 3.00 bits per heavy atom. The van der Waals surface area contributed by atoms with E-state index in [1.54, 1.807) is 0 Å². The molecule has 1 saturated carbocycles. The van der Waals surface area contributed by atoms with E-state index in [9.17, 15) is 0 Å². The van der Waals surface area contributed by atoms with Crippen molar-refractivity contribution in [1.82, 2.24) is 20.1 Å². The van der Waals surface area contributed by atoms with Gasteiger partial charge < -0.3 is 9.88 Å². The fourth-order valence-electron chi connectivity index (χ4n) is 1.69. The molecule has 1 aromatic rings. The average molecular weight is 208 g/mol. The molecule has 4 nitrogen and oxygen atoms in total. The minimum Gasteiger partial charge on any atom is -0.317 e. The largest absolute Gasteiger partial charge is 0.317 e. The molecule has 84 valence electrons. The summed E-state index contributed by atoms with van der Waals surface area (Å²) in [5.74, 6) is 1.76. The lowest BCUT2D eigenvalue weighted by Crippen LogP contribution is -2.21. The second-order valence-electron chi connectivity index (χ2n) is 4.77. The van der Waals surface area contributed by atoms with Crippen LogP contribution in [0.2, 0.25) is 0 Å². The highest BCUT2D eigenvalue weighted by molar-refractivity contribution is 4.89. The third-order valence-corrected chi connectivity index (χ3v) is 2.62. The Bertz CT molecular complexity index is 301. The average Bonchev–Trinajstić information content (AvgIpc) is 2.89. The molecule has 1 fully saturated rings. The summed E-state index contributed by atoms with van der Waals surface area (Å²) < 4.78 is 2.17. The van der Waals surface area contributed by atoms with E-state index in [1.807, 2.05) is 6.33 Å². The van der Waals surface area contributed by atoms with Gasteiger partial charge in [-0.1, -0.05) is 13.8 Å². The molecular formula is C11H20N4. The van der Waals surface area contributed by atoms with Crippen molar-refractivity contribution in [2.75, 3.05) is 6.54 Å². The molecule has 4 heteroatoms. The van der Waals surface area contributed by atoms with Crippen LogP contribution in [-0.4, -0.2) is 27.4 Å². The Hall–Kier alpha value is -0.900. The number of hydrogen-bond donors (Lipinski definition) is 1. The summed E-state index contributed by atoms with van der Waals surface area (Å²) in [5.41, 5.74) is 0. The molecule has 15 heavy (non-hydrogen) atoms. The lowest BCUT2D eigenvalue weighted by molar-refractivity contribution is 0.502. The highest BCUT2D eigenvalue weighted by atomic mass is 15.3. The van der Waals surface area contributed by atoms with Crippen molar-refractivity contribution in [3.05, 3.63) is 12.2 Å². The smallest absolute Gasteiger partial charge is 0.134 e. The van der Waals surface area contributed by atoms with Crippen LogP contribution in [0.25, 0.3) is 0 Å². The molecule has 0 aliphatic heterocycles. The Labute approximate surface area is 91.1 Å². The second kappa shape index (κ2) is 4.75. The molecule has 1 N–H and O–H groups in total. The van der Waals surface area contributed by atoms with Gasteiger partial charge in [0.1, 0.15) is 12.2 Å². The van der Waals surface area contributed by atoms with Gasteiger partial charge in [-0.25, -0.2) is 0 Å². The second-order valence-corrected chi connectivity index (χ2v) is 4.77. The van der Waals surface area contributed by atoms with Crippen molar-refractivity contribution in [1.29, 1.82) is 0 Å². The minimum atomic E-state index is 0.649. The van der Waals surface area contributed by atoms with Crippen LogP contribution in [0, 0.1) is 5.92 Å². The number of rotatable bonds is 6. The van der Waals surface area contributed by atoms with Crippen LogP contribution in [0.4, 0.5) is 0 Å². The number of nitrogens with zero attached hydrogens (tertiary/aromatic N) is 3. The summed E-state index contributed by atoms with van der Waals surface area (Å²) in [6.07, 6.45) is 5.52. The van der Waals surface area contributed by atoms with E-state index in [1.165, 1.54) is 12.8 Å². The van der Waals surface area contributed by atoms with Crippen molar-refractivity contribution < 1.29 is 0 Å².